The number of carbonyl (C=O) groups excluding carboxylic acids is 1. The van der Waals surface area contributed by atoms with Crippen molar-refractivity contribution in [1.29, 1.82) is 0 Å². The minimum absolute atomic E-state index is 0.204. The van der Waals surface area contributed by atoms with Gasteiger partial charge in [0.25, 0.3) is 0 Å². The molecule has 1 N–H and O–H groups in total. The van der Waals surface area contributed by atoms with E-state index in [2.05, 4.69) is 9.97 Å². The average Bonchev–Trinajstić information content (AvgIpc) is 2.79. The summed E-state index contributed by atoms with van der Waals surface area (Å²) in [5, 5.41) is 8.98. The predicted molar refractivity (Wildman–Crippen MR) is 111 cm³/mol. The Morgan fingerprint density at radius 1 is 1.07 bits per heavy atom. The molecular weight excluding hydrogens is 366 g/mol. The Balaban J connectivity index is 1.52. The molecule has 0 bridgehead atoms. The molecule has 0 radical (unpaired) electrons. The quantitative estimate of drug-likeness (QED) is 0.649. The first kappa shape index (κ1) is 14.8. The molecule has 6 nitrogen and oxygen atoms in total. The highest BCUT2D eigenvalue weighted by Crippen LogP contribution is 2.20. The zero-order valence-electron chi connectivity index (χ0n) is 19.7. The predicted octanol–water partition coefficient (Wildman–Crippen LogP) is 2.75. The third-order valence-electron chi connectivity index (χ3n) is 4.56. The minimum Gasteiger partial charge on any atom is -0.388 e. The van der Waals surface area contributed by atoms with Gasteiger partial charge in [-0.15, -0.1) is 0 Å². The minimum atomic E-state index is -1.96. The topological polar surface area (TPSA) is 75.5 Å². The van der Waals surface area contributed by atoms with Crippen LogP contribution in [0.2, 0.25) is 0 Å². The van der Waals surface area contributed by atoms with E-state index in [0.29, 0.717) is 29.2 Å². The second kappa shape index (κ2) is 8.94. The van der Waals surface area contributed by atoms with Crippen molar-refractivity contribution in [2.75, 3.05) is 37.7 Å². The van der Waals surface area contributed by atoms with Crippen molar-refractivity contribution in [1.82, 2.24) is 9.97 Å². The number of hydrogen-bond acceptors (Lipinski definition) is 6. The van der Waals surface area contributed by atoms with Gasteiger partial charge in [-0.05, 0) is 23.8 Å². The Morgan fingerprint density at radius 3 is 2.48 bits per heavy atom. The zero-order valence-corrected chi connectivity index (χ0v) is 15.7. The lowest BCUT2D eigenvalue weighted by Crippen LogP contribution is -2.36. The molecule has 0 atom stereocenters. The first-order valence-electron chi connectivity index (χ1n) is 11.2. The van der Waals surface area contributed by atoms with Crippen LogP contribution in [0.3, 0.4) is 0 Å². The van der Waals surface area contributed by atoms with Gasteiger partial charge < -0.3 is 14.7 Å². The van der Waals surface area contributed by atoms with Gasteiger partial charge in [-0.3, -0.25) is 4.79 Å². The van der Waals surface area contributed by atoms with E-state index < -0.39 is 19.6 Å². The molecule has 148 valence electrons. The highest BCUT2D eigenvalue weighted by atomic mass is 16.5. The number of rotatable bonds is 6. The molecule has 2 heterocycles. The number of aliphatic hydroxyl groups excluding tert-OH is 1. The summed E-state index contributed by atoms with van der Waals surface area (Å²) in [5.74, 6) is 0.249. The molecular formula is C23H23N3O3. The maximum atomic E-state index is 11.6. The van der Waals surface area contributed by atoms with Gasteiger partial charge in [0, 0.05) is 42.4 Å². The number of carbonyl (C=O) groups is 1. The van der Waals surface area contributed by atoms with Crippen LogP contribution >= 0.6 is 0 Å². The molecule has 6 heteroatoms. The van der Waals surface area contributed by atoms with E-state index in [-0.39, 0.29) is 19.0 Å². The van der Waals surface area contributed by atoms with Crippen molar-refractivity contribution >= 4 is 11.5 Å². The number of ketones is 1. The number of benzene rings is 2. The summed E-state index contributed by atoms with van der Waals surface area (Å²) < 4.78 is 37.6. The maximum Gasteiger partial charge on any atom is 0.188 e. The molecule has 0 saturated carbocycles. The molecule has 2 aromatic carbocycles. The molecule has 1 aliphatic rings. The fraction of sp³-hybridized carbons (Fsp3) is 0.261. The highest BCUT2D eigenvalue weighted by Gasteiger charge is 2.11. The third kappa shape index (κ3) is 4.67. The lowest BCUT2D eigenvalue weighted by atomic mass is 10.1. The first-order chi connectivity index (χ1) is 15.7. The van der Waals surface area contributed by atoms with E-state index in [4.69, 9.17) is 15.3 Å². The van der Waals surface area contributed by atoms with Crippen LogP contribution in [0.25, 0.3) is 11.3 Å². The van der Waals surface area contributed by atoms with Crippen molar-refractivity contribution < 1.29 is 20.1 Å². The lowest BCUT2D eigenvalue weighted by molar-refractivity contribution is 0.0903. The molecule has 1 aliphatic heterocycles. The monoisotopic (exact) mass is 393 g/mol. The van der Waals surface area contributed by atoms with Gasteiger partial charge in [-0.25, -0.2) is 9.97 Å². The molecule has 0 amide bonds. The Morgan fingerprint density at radius 2 is 1.79 bits per heavy atom. The highest BCUT2D eigenvalue weighted by molar-refractivity contribution is 5.97. The number of anilines is 1. The van der Waals surface area contributed by atoms with Gasteiger partial charge in [0.2, 0.25) is 0 Å². The molecule has 1 saturated heterocycles. The van der Waals surface area contributed by atoms with Gasteiger partial charge in [0.05, 0.1) is 24.4 Å². The molecule has 0 spiro atoms. The molecule has 0 unspecified atom stereocenters. The molecule has 0 aliphatic carbocycles. The number of aliphatic hydroxyl groups is 1. The normalized spacial score (nSPS) is 19.6. The van der Waals surface area contributed by atoms with Crippen molar-refractivity contribution in [3.05, 3.63) is 77.7 Å². The molecule has 1 fully saturated rings. The summed E-state index contributed by atoms with van der Waals surface area (Å²) in [7, 11) is 0. The Kier molecular flexibility index (Phi) is 4.58. The lowest BCUT2D eigenvalue weighted by Gasteiger charge is -2.28. The third-order valence-corrected chi connectivity index (χ3v) is 4.56. The summed E-state index contributed by atoms with van der Waals surface area (Å²) in [6, 6.07) is 15.6. The van der Waals surface area contributed by atoms with E-state index in [0.717, 1.165) is 16.0 Å². The van der Waals surface area contributed by atoms with Crippen molar-refractivity contribution in [3.63, 3.8) is 0 Å². The fourth-order valence-electron chi connectivity index (χ4n) is 3.02. The first-order valence-corrected chi connectivity index (χ1v) is 9.23. The molecule has 29 heavy (non-hydrogen) atoms. The summed E-state index contributed by atoms with van der Waals surface area (Å²) >= 11 is 0. The molecule has 4 rings (SSSR count). The number of ether oxygens (including phenoxy) is 1. The summed E-state index contributed by atoms with van der Waals surface area (Å²) in [5.41, 5.74) is 3.29. The fourth-order valence-corrected chi connectivity index (χ4v) is 3.02. The molecule has 3 aromatic rings. The van der Waals surface area contributed by atoms with E-state index in [1.807, 2.05) is 12.1 Å². The largest absolute Gasteiger partial charge is 0.388 e. The van der Waals surface area contributed by atoms with Gasteiger partial charge in [-0.1, -0.05) is 36.4 Å². The van der Waals surface area contributed by atoms with Crippen LogP contribution in [0, 0.1) is 0 Å². The molecule has 1 aromatic heterocycles. The van der Waals surface area contributed by atoms with Crippen molar-refractivity contribution in [2.24, 2.45) is 0 Å². The van der Waals surface area contributed by atoms with Crippen LogP contribution < -0.4 is 4.90 Å². The second-order valence-corrected chi connectivity index (χ2v) is 6.50. The average molecular weight is 393 g/mol. The van der Waals surface area contributed by atoms with Gasteiger partial charge in [0.15, 0.2) is 5.78 Å². The smallest absolute Gasteiger partial charge is 0.188 e. The van der Waals surface area contributed by atoms with Gasteiger partial charge >= 0.3 is 0 Å². The summed E-state index contributed by atoms with van der Waals surface area (Å²) in [6.45, 7) is -4.86. The van der Waals surface area contributed by atoms with Gasteiger partial charge in [0.1, 0.15) is 12.4 Å². The van der Waals surface area contributed by atoms with E-state index >= 15 is 0 Å². The Bertz CT molecular complexity index is 1120. The number of hydrogen-bond donors (Lipinski definition) is 1. The van der Waals surface area contributed by atoms with Crippen LogP contribution in [0.1, 0.15) is 27.2 Å². The number of morpholine rings is 1. The van der Waals surface area contributed by atoms with Crippen LogP contribution in [-0.2, 0) is 11.2 Å². The number of nitrogens with zero attached hydrogens (tertiary/aromatic N) is 3. The second-order valence-electron chi connectivity index (χ2n) is 6.50. The van der Waals surface area contributed by atoms with Crippen molar-refractivity contribution in [2.45, 2.75) is 6.42 Å². The number of aromatic nitrogens is 2. The summed E-state index contributed by atoms with van der Waals surface area (Å²) in [6.07, 6.45) is 2.10. The van der Waals surface area contributed by atoms with Crippen LogP contribution in [0.5, 0.6) is 0 Å². The van der Waals surface area contributed by atoms with Crippen LogP contribution in [0.4, 0.5) is 5.69 Å². The van der Waals surface area contributed by atoms with Gasteiger partial charge in [-0.2, -0.15) is 0 Å². The standard InChI is InChI=1S/C23H23N3O3/c27-16-22(28)19-5-3-18(4-6-19)21-9-10-24-23(25-21)15-17-1-7-20(8-2-17)26-11-13-29-14-12-26/h1-10,27H,11-16H2/i11D2,12D2. The van der Waals surface area contributed by atoms with Crippen LogP contribution in [-0.4, -0.2) is 53.7 Å². The Labute approximate surface area is 175 Å². The number of Topliss-reactive ketones (excluding diaryl/α,β-unsaturated/α-hetero) is 1. The zero-order chi connectivity index (χ0) is 23.6. The van der Waals surface area contributed by atoms with E-state index in [9.17, 15) is 4.79 Å². The van der Waals surface area contributed by atoms with Crippen molar-refractivity contribution in [3.8, 4) is 11.3 Å². The van der Waals surface area contributed by atoms with E-state index in [1.165, 1.54) is 0 Å². The van der Waals surface area contributed by atoms with E-state index in [1.54, 1.807) is 48.7 Å². The maximum absolute atomic E-state index is 11.6. The Hall–Kier alpha value is -3.09. The SMILES string of the molecule is [2H]C1([2H])COCC([2H])([2H])N1c1ccc(Cc2nccc(-c3ccc(C(=O)CO)cc3)n2)cc1. The summed E-state index contributed by atoms with van der Waals surface area (Å²) in [4.78, 5) is 21.6. The van der Waals surface area contributed by atoms with Crippen LogP contribution in [0.15, 0.2) is 60.8 Å².